The molecule has 0 aliphatic heterocycles. The SMILES string of the molecule is CCc1ccc(C2=CC(C)CC=C2Cl)nc1. The Kier molecular flexibility index (Phi) is 3.45. The van der Waals surface area contributed by atoms with E-state index in [0.717, 1.165) is 29.1 Å². The number of aromatic nitrogens is 1. The zero-order valence-electron chi connectivity index (χ0n) is 9.70. The predicted molar refractivity (Wildman–Crippen MR) is 69.3 cm³/mol. The summed E-state index contributed by atoms with van der Waals surface area (Å²) in [5, 5.41) is 0.829. The smallest absolute Gasteiger partial charge is 0.0713 e. The number of nitrogens with zero attached hydrogens (tertiary/aromatic N) is 1. The summed E-state index contributed by atoms with van der Waals surface area (Å²) >= 11 is 6.21. The third-order valence-electron chi connectivity index (χ3n) is 2.89. The number of hydrogen-bond donors (Lipinski definition) is 0. The van der Waals surface area contributed by atoms with Crippen molar-refractivity contribution < 1.29 is 0 Å². The summed E-state index contributed by atoms with van der Waals surface area (Å²) in [6.07, 6.45) is 8.26. The molecule has 1 heterocycles. The first-order valence-electron chi connectivity index (χ1n) is 5.74. The van der Waals surface area contributed by atoms with Gasteiger partial charge in [0.15, 0.2) is 0 Å². The molecule has 0 aromatic carbocycles. The molecule has 16 heavy (non-hydrogen) atoms. The van der Waals surface area contributed by atoms with Crippen LogP contribution in [0.25, 0.3) is 5.57 Å². The van der Waals surface area contributed by atoms with Crippen molar-refractivity contribution in [1.29, 1.82) is 0 Å². The highest BCUT2D eigenvalue weighted by atomic mass is 35.5. The lowest BCUT2D eigenvalue weighted by Crippen LogP contribution is -2.00. The fraction of sp³-hybridized carbons (Fsp3) is 0.357. The van der Waals surface area contributed by atoms with E-state index in [-0.39, 0.29) is 0 Å². The quantitative estimate of drug-likeness (QED) is 0.747. The Morgan fingerprint density at radius 1 is 1.44 bits per heavy atom. The average molecular weight is 234 g/mol. The molecule has 1 atom stereocenters. The summed E-state index contributed by atoms with van der Waals surface area (Å²) < 4.78 is 0. The van der Waals surface area contributed by atoms with Crippen LogP contribution in [0.3, 0.4) is 0 Å². The fourth-order valence-corrected chi connectivity index (χ4v) is 2.08. The highest BCUT2D eigenvalue weighted by Crippen LogP contribution is 2.31. The van der Waals surface area contributed by atoms with Crippen molar-refractivity contribution in [3.63, 3.8) is 0 Å². The maximum absolute atomic E-state index is 6.21. The van der Waals surface area contributed by atoms with E-state index in [9.17, 15) is 0 Å². The van der Waals surface area contributed by atoms with Crippen LogP contribution in [0.2, 0.25) is 0 Å². The normalized spacial score (nSPS) is 20.3. The van der Waals surface area contributed by atoms with Gasteiger partial charge in [-0.05, 0) is 30.4 Å². The lowest BCUT2D eigenvalue weighted by Gasteiger charge is -2.15. The molecule has 0 fully saturated rings. The van der Waals surface area contributed by atoms with Crippen LogP contribution in [0.15, 0.2) is 35.5 Å². The average Bonchev–Trinajstić information content (AvgIpc) is 2.32. The number of rotatable bonds is 2. The molecule has 2 rings (SSSR count). The van der Waals surface area contributed by atoms with Gasteiger partial charge >= 0.3 is 0 Å². The first-order valence-corrected chi connectivity index (χ1v) is 6.11. The van der Waals surface area contributed by atoms with Gasteiger partial charge < -0.3 is 0 Å². The van der Waals surface area contributed by atoms with Crippen molar-refractivity contribution in [2.75, 3.05) is 0 Å². The van der Waals surface area contributed by atoms with Gasteiger partial charge in [-0.25, -0.2) is 0 Å². The minimum absolute atomic E-state index is 0.546. The second kappa shape index (κ2) is 4.84. The van der Waals surface area contributed by atoms with Crippen LogP contribution in [-0.2, 0) is 6.42 Å². The van der Waals surface area contributed by atoms with Crippen LogP contribution in [0.4, 0.5) is 0 Å². The number of allylic oxidation sites excluding steroid dienone is 4. The number of halogens is 1. The van der Waals surface area contributed by atoms with Gasteiger partial charge in [-0.15, -0.1) is 0 Å². The van der Waals surface area contributed by atoms with Gasteiger partial charge in [0, 0.05) is 16.8 Å². The summed E-state index contributed by atoms with van der Waals surface area (Å²) in [5.74, 6) is 0.546. The van der Waals surface area contributed by atoms with Gasteiger partial charge in [-0.3, -0.25) is 4.98 Å². The van der Waals surface area contributed by atoms with E-state index >= 15 is 0 Å². The molecule has 2 heteroatoms. The van der Waals surface area contributed by atoms with Crippen molar-refractivity contribution in [1.82, 2.24) is 4.98 Å². The van der Waals surface area contributed by atoms with Crippen LogP contribution >= 0.6 is 11.6 Å². The standard InChI is InChI=1S/C14H16ClN/c1-3-11-5-7-14(16-9-11)12-8-10(2)4-6-13(12)15/h5-10H,3-4H2,1-2H3. The molecule has 0 spiro atoms. The second-order valence-corrected chi connectivity index (χ2v) is 4.66. The molecule has 0 amide bonds. The van der Waals surface area contributed by atoms with Crippen molar-refractivity contribution in [3.05, 3.63) is 46.8 Å². The van der Waals surface area contributed by atoms with Crippen LogP contribution in [0, 0.1) is 5.92 Å². The Hall–Kier alpha value is -1.08. The molecule has 1 aliphatic carbocycles. The van der Waals surface area contributed by atoms with Crippen molar-refractivity contribution in [2.45, 2.75) is 26.7 Å². The van der Waals surface area contributed by atoms with E-state index in [1.807, 2.05) is 6.20 Å². The van der Waals surface area contributed by atoms with Crippen molar-refractivity contribution in [2.24, 2.45) is 5.92 Å². The molecule has 84 valence electrons. The van der Waals surface area contributed by atoms with E-state index < -0.39 is 0 Å². The number of aryl methyl sites for hydroxylation is 1. The molecule has 1 aromatic heterocycles. The summed E-state index contributed by atoms with van der Waals surface area (Å²) in [4.78, 5) is 4.46. The van der Waals surface area contributed by atoms with Gasteiger partial charge in [0.2, 0.25) is 0 Å². The van der Waals surface area contributed by atoms with E-state index in [4.69, 9.17) is 11.6 Å². The van der Waals surface area contributed by atoms with Crippen LogP contribution < -0.4 is 0 Å². The maximum atomic E-state index is 6.21. The Morgan fingerprint density at radius 3 is 2.88 bits per heavy atom. The van der Waals surface area contributed by atoms with E-state index in [1.165, 1.54) is 5.56 Å². The van der Waals surface area contributed by atoms with E-state index in [0.29, 0.717) is 5.92 Å². The highest BCUT2D eigenvalue weighted by Gasteiger charge is 2.13. The summed E-state index contributed by atoms with van der Waals surface area (Å²) in [5.41, 5.74) is 3.31. The molecular weight excluding hydrogens is 218 g/mol. The third-order valence-corrected chi connectivity index (χ3v) is 3.24. The molecule has 1 unspecified atom stereocenters. The molecule has 1 aliphatic rings. The van der Waals surface area contributed by atoms with Crippen molar-refractivity contribution >= 4 is 17.2 Å². The van der Waals surface area contributed by atoms with Crippen LogP contribution in [-0.4, -0.2) is 4.98 Å². The summed E-state index contributed by atoms with van der Waals surface area (Å²) in [7, 11) is 0. The zero-order valence-corrected chi connectivity index (χ0v) is 10.5. The van der Waals surface area contributed by atoms with Gasteiger partial charge in [0.1, 0.15) is 0 Å². The number of hydrogen-bond acceptors (Lipinski definition) is 1. The monoisotopic (exact) mass is 233 g/mol. The molecule has 0 radical (unpaired) electrons. The summed E-state index contributed by atoms with van der Waals surface area (Å²) in [6.45, 7) is 4.33. The number of pyridine rings is 1. The first-order chi connectivity index (χ1) is 7.70. The first kappa shape index (κ1) is 11.4. The van der Waals surface area contributed by atoms with Gasteiger partial charge in [-0.1, -0.05) is 43.7 Å². The van der Waals surface area contributed by atoms with Crippen LogP contribution in [0.5, 0.6) is 0 Å². The molecule has 0 bridgehead atoms. The minimum atomic E-state index is 0.546. The molecule has 1 aromatic rings. The predicted octanol–water partition coefficient (Wildman–Crippen LogP) is 4.19. The molecule has 0 N–H and O–H groups in total. The minimum Gasteiger partial charge on any atom is -0.256 e. The largest absolute Gasteiger partial charge is 0.256 e. The topological polar surface area (TPSA) is 12.9 Å². The molecule has 0 saturated carbocycles. The van der Waals surface area contributed by atoms with E-state index in [1.54, 1.807) is 0 Å². The lowest BCUT2D eigenvalue weighted by molar-refractivity contribution is 0.738. The molecular formula is C14H16ClN. The third kappa shape index (κ3) is 2.35. The molecule has 0 saturated heterocycles. The Labute approximate surface area is 102 Å². The Bertz CT molecular complexity index is 429. The highest BCUT2D eigenvalue weighted by molar-refractivity contribution is 6.37. The van der Waals surface area contributed by atoms with Gasteiger partial charge in [0.25, 0.3) is 0 Å². The van der Waals surface area contributed by atoms with E-state index in [2.05, 4.69) is 43.1 Å². The fourth-order valence-electron chi connectivity index (χ4n) is 1.83. The van der Waals surface area contributed by atoms with Crippen LogP contribution in [0.1, 0.15) is 31.5 Å². The lowest BCUT2D eigenvalue weighted by atomic mass is 9.95. The van der Waals surface area contributed by atoms with Gasteiger partial charge in [-0.2, -0.15) is 0 Å². The zero-order chi connectivity index (χ0) is 11.5. The maximum Gasteiger partial charge on any atom is 0.0713 e. The Morgan fingerprint density at radius 2 is 2.25 bits per heavy atom. The summed E-state index contributed by atoms with van der Waals surface area (Å²) in [6, 6.07) is 4.17. The Balaban J connectivity index is 2.32. The van der Waals surface area contributed by atoms with Crippen molar-refractivity contribution in [3.8, 4) is 0 Å². The molecule has 1 nitrogen and oxygen atoms in total. The van der Waals surface area contributed by atoms with Gasteiger partial charge in [0.05, 0.1) is 5.69 Å². The second-order valence-electron chi connectivity index (χ2n) is 4.25.